The normalized spacial score (nSPS) is 12.4. The lowest BCUT2D eigenvalue weighted by Gasteiger charge is -2.17. The van der Waals surface area contributed by atoms with Crippen LogP contribution in [0, 0.1) is 13.8 Å². The van der Waals surface area contributed by atoms with Crippen LogP contribution in [-0.2, 0) is 13.5 Å². The fourth-order valence-electron chi connectivity index (χ4n) is 2.44. The van der Waals surface area contributed by atoms with E-state index in [1.807, 2.05) is 44.2 Å². The number of hydrogen-bond acceptors (Lipinski definition) is 4. The smallest absolute Gasteiger partial charge is 0.128 e. The Morgan fingerprint density at radius 3 is 2.70 bits per heavy atom. The number of ether oxygens (including phenoxy) is 1. The average Bonchev–Trinajstić information content (AvgIpc) is 2.85. The zero-order chi connectivity index (χ0) is 14.7. The molecule has 0 bridgehead atoms. The molecule has 108 valence electrons. The molecule has 0 aliphatic heterocycles. The van der Waals surface area contributed by atoms with Crippen molar-refractivity contribution in [3.05, 3.63) is 41.0 Å². The number of nitrogens with one attached hydrogen (secondary N) is 1. The van der Waals surface area contributed by atoms with Crippen molar-refractivity contribution in [3.8, 4) is 5.75 Å². The van der Waals surface area contributed by atoms with Crippen molar-refractivity contribution in [2.75, 3.05) is 14.2 Å². The SMILES string of the molecule is CNC(Cc1ncc(C)c(OC)c1C)c1ccn(C)n1. The van der Waals surface area contributed by atoms with Crippen molar-refractivity contribution in [1.82, 2.24) is 20.1 Å². The van der Waals surface area contributed by atoms with E-state index in [1.165, 1.54) is 0 Å². The highest BCUT2D eigenvalue weighted by Gasteiger charge is 2.17. The van der Waals surface area contributed by atoms with Gasteiger partial charge >= 0.3 is 0 Å². The number of rotatable bonds is 5. The molecule has 0 fully saturated rings. The molecule has 2 aromatic heterocycles. The van der Waals surface area contributed by atoms with Gasteiger partial charge in [-0.25, -0.2) is 0 Å². The van der Waals surface area contributed by atoms with E-state index in [0.717, 1.165) is 34.7 Å². The second-order valence-corrected chi connectivity index (χ2v) is 5.01. The van der Waals surface area contributed by atoms with Crippen molar-refractivity contribution in [1.29, 1.82) is 0 Å². The number of aryl methyl sites for hydroxylation is 2. The van der Waals surface area contributed by atoms with E-state index in [-0.39, 0.29) is 6.04 Å². The van der Waals surface area contributed by atoms with E-state index in [0.29, 0.717) is 0 Å². The van der Waals surface area contributed by atoms with Crippen LogP contribution in [0.1, 0.15) is 28.6 Å². The molecule has 0 saturated heterocycles. The van der Waals surface area contributed by atoms with E-state index in [2.05, 4.69) is 22.3 Å². The van der Waals surface area contributed by atoms with Gasteiger partial charge in [0.1, 0.15) is 5.75 Å². The summed E-state index contributed by atoms with van der Waals surface area (Å²) >= 11 is 0. The monoisotopic (exact) mass is 274 g/mol. The standard InChI is InChI=1S/C15H22N4O/c1-10-9-17-13(11(2)15(10)20-5)8-14(16-3)12-6-7-19(4)18-12/h6-7,9,14,16H,8H2,1-5H3. The van der Waals surface area contributed by atoms with Gasteiger partial charge in [-0.2, -0.15) is 5.10 Å². The molecule has 0 aliphatic carbocycles. The largest absolute Gasteiger partial charge is 0.496 e. The molecule has 1 atom stereocenters. The van der Waals surface area contributed by atoms with Crippen LogP contribution in [0.4, 0.5) is 0 Å². The predicted octanol–water partition coefficient (Wildman–Crippen LogP) is 1.94. The van der Waals surface area contributed by atoms with E-state index >= 15 is 0 Å². The molecular weight excluding hydrogens is 252 g/mol. The van der Waals surface area contributed by atoms with Gasteiger partial charge in [0.15, 0.2) is 0 Å². The van der Waals surface area contributed by atoms with Crippen LogP contribution in [0.2, 0.25) is 0 Å². The number of aromatic nitrogens is 3. The van der Waals surface area contributed by atoms with Gasteiger partial charge in [0.2, 0.25) is 0 Å². The van der Waals surface area contributed by atoms with Crippen LogP contribution in [0.15, 0.2) is 18.5 Å². The lowest BCUT2D eigenvalue weighted by Crippen LogP contribution is -2.20. The summed E-state index contributed by atoms with van der Waals surface area (Å²) in [5.74, 6) is 0.922. The molecule has 5 heteroatoms. The molecule has 1 N–H and O–H groups in total. The lowest BCUT2D eigenvalue weighted by molar-refractivity contribution is 0.406. The van der Waals surface area contributed by atoms with E-state index in [9.17, 15) is 0 Å². The quantitative estimate of drug-likeness (QED) is 0.905. The highest BCUT2D eigenvalue weighted by molar-refractivity contribution is 5.41. The topological polar surface area (TPSA) is 52.0 Å². The summed E-state index contributed by atoms with van der Waals surface area (Å²) in [5.41, 5.74) is 4.23. The van der Waals surface area contributed by atoms with Gasteiger partial charge in [-0.3, -0.25) is 9.67 Å². The van der Waals surface area contributed by atoms with Crippen LogP contribution >= 0.6 is 0 Å². The number of hydrogen-bond donors (Lipinski definition) is 1. The molecule has 5 nitrogen and oxygen atoms in total. The maximum Gasteiger partial charge on any atom is 0.128 e. The molecule has 2 rings (SSSR count). The zero-order valence-electron chi connectivity index (χ0n) is 12.8. The first-order valence-electron chi connectivity index (χ1n) is 6.72. The Hall–Kier alpha value is -1.88. The molecule has 20 heavy (non-hydrogen) atoms. The highest BCUT2D eigenvalue weighted by Crippen LogP contribution is 2.26. The predicted molar refractivity (Wildman–Crippen MR) is 79.0 cm³/mol. The number of pyridine rings is 1. The fourth-order valence-corrected chi connectivity index (χ4v) is 2.44. The van der Waals surface area contributed by atoms with Gasteiger partial charge in [0.05, 0.1) is 18.8 Å². The summed E-state index contributed by atoms with van der Waals surface area (Å²) in [7, 11) is 5.57. The Morgan fingerprint density at radius 1 is 1.40 bits per heavy atom. The van der Waals surface area contributed by atoms with E-state index in [4.69, 9.17) is 4.74 Å². The summed E-state index contributed by atoms with van der Waals surface area (Å²) in [6.07, 6.45) is 4.61. The van der Waals surface area contributed by atoms with Gasteiger partial charge in [0, 0.05) is 42.7 Å². The van der Waals surface area contributed by atoms with Gasteiger partial charge < -0.3 is 10.1 Å². The van der Waals surface area contributed by atoms with E-state index in [1.54, 1.807) is 7.11 Å². The maximum absolute atomic E-state index is 5.46. The Labute approximate surface area is 120 Å². The van der Waals surface area contributed by atoms with Crippen molar-refractivity contribution in [3.63, 3.8) is 0 Å². The lowest BCUT2D eigenvalue weighted by atomic mass is 10.0. The van der Waals surface area contributed by atoms with Gasteiger partial charge in [-0.05, 0) is 27.0 Å². The molecule has 0 aliphatic rings. The third-order valence-corrected chi connectivity index (χ3v) is 3.59. The number of methoxy groups -OCH3 is 1. The third kappa shape index (κ3) is 2.82. The fraction of sp³-hybridized carbons (Fsp3) is 0.467. The summed E-state index contributed by atoms with van der Waals surface area (Å²) in [6.45, 7) is 4.07. The Balaban J connectivity index is 2.28. The minimum atomic E-state index is 0.148. The summed E-state index contributed by atoms with van der Waals surface area (Å²) in [4.78, 5) is 4.55. The third-order valence-electron chi connectivity index (χ3n) is 3.59. The number of nitrogens with zero attached hydrogens (tertiary/aromatic N) is 3. The number of likely N-dealkylation sites (N-methyl/N-ethyl adjacent to an activating group) is 1. The minimum Gasteiger partial charge on any atom is -0.496 e. The molecular formula is C15H22N4O. The van der Waals surface area contributed by atoms with E-state index < -0.39 is 0 Å². The zero-order valence-corrected chi connectivity index (χ0v) is 12.8. The highest BCUT2D eigenvalue weighted by atomic mass is 16.5. The van der Waals surface area contributed by atoms with Crippen molar-refractivity contribution >= 4 is 0 Å². The second kappa shape index (κ2) is 6.05. The van der Waals surface area contributed by atoms with Crippen LogP contribution in [0.3, 0.4) is 0 Å². The Kier molecular flexibility index (Phi) is 4.39. The first-order chi connectivity index (χ1) is 9.56. The van der Waals surface area contributed by atoms with Crippen LogP contribution in [-0.4, -0.2) is 28.9 Å². The molecule has 2 aromatic rings. The summed E-state index contributed by atoms with van der Waals surface area (Å²) in [6, 6.07) is 2.18. The van der Waals surface area contributed by atoms with Gasteiger partial charge in [0.25, 0.3) is 0 Å². The molecule has 0 amide bonds. The Morgan fingerprint density at radius 2 is 2.15 bits per heavy atom. The molecule has 0 aromatic carbocycles. The minimum absolute atomic E-state index is 0.148. The molecule has 0 spiro atoms. The maximum atomic E-state index is 5.46. The van der Waals surface area contributed by atoms with Crippen LogP contribution in [0.25, 0.3) is 0 Å². The van der Waals surface area contributed by atoms with Crippen molar-refractivity contribution in [2.24, 2.45) is 7.05 Å². The molecule has 1 unspecified atom stereocenters. The van der Waals surface area contributed by atoms with Crippen LogP contribution < -0.4 is 10.1 Å². The van der Waals surface area contributed by atoms with Crippen LogP contribution in [0.5, 0.6) is 5.75 Å². The molecule has 0 radical (unpaired) electrons. The second-order valence-electron chi connectivity index (χ2n) is 5.01. The van der Waals surface area contributed by atoms with Gasteiger partial charge in [-0.1, -0.05) is 0 Å². The van der Waals surface area contributed by atoms with Crippen molar-refractivity contribution < 1.29 is 4.74 Å². The molecule has 0 saturated carbocycles. The van der Waals surface area contributed by atoms with Crippen molar-refractivity contribution in [2.45, 2.75) is 26.3 Å². The first kappa shape index (κ1) is 14.5. The van der Waals surface area contributed by atoms with Gasteiger partial charge in [-0.15, -0.1) is 0 Å². The first-order valence-corrected chi connectivity index (χ1v) is 6.72. The Bertz CT molecular complexity index is 592. The molecule has 2 heterocycles. The summed E-state index contributed by atoms with van der Waals surface area (Å²) in [5, 5.41) is 7.77. The average molecular weight is 274 g/mol. The summed E-state index contributed by atoms with van der Waals surface area (Å²) < 4.78 is 7.28.